The van der Waals surface area contributed by atoms with Crippen LogP contribution >= 0.6 is 23.1 Å². The Kier molecular flexibility index (Phi) is 7.67. The minimum Gasteiger partial charge on any atom is -0.316 e. The highest BCUT2D eigenvalue weighted by Gasteiger charge is 2.22. The van der Waals surface area contributed by atoms with Crippen molar-refractivity contribution in [2.24, 2.45) is 13.0 Å². The number of anilines is 1. The van der Waals surface area contributed by atoms with Crippen LogP contribution in [0.3, 0.4) is 0 Å². The second kappa shape index (κ2) is 10.6. The molecule has 2 aliphatic carbocycles. The van der Waals surface area contributed by atoms with Gasteiger partial charge in [-0.3, -0.25) is 4.79 Å². The van der Waals surface area contributed by atoms with Crippen LogP contribution in [0.5, 0.6) is 0 Å². The zero-order chi connectivity index (χ0) is 21.6. The van der Waals surface area contributed by atoms with Crippen molar-refractivity contribution in [3.8, 4) is 6.07 Å². The molecule has 2 heterocycles. The Morgan fingerprint density at radius 2 is 1.90 bits per heavy atom. The topological polar surface area (TPSA) is 83.6 Å². The van der Waals surface area contributed by atoms with Crippen molar-refractivity contribution >= 4 is 34.0 Å². The summed E-state index contributed by atoms with van der Waals surface area (Å²) in [6.07, 6.45) is 14.2. The predicted molar refractivity (Wildman–Crippen MR) is 126 cm³/mol. The molecule has 0 aromatic carbocycles. The van der Waals surface area contributed by atoms with E-state index in [0.717, 1.165) is 53.6 Å². The molecule has 0 saturated heterocycles. The second-order valence-corrected chi connectivity index (χ2v) is 10.8. The molecule has 0 spiro atoms. The fourth-order valence-electron chi connectivity index (χ4n) is 4.72. The van der Waals surface area contributed by atoms with Gasteiger partial charge < -0.3 is 9.88 Å². The summed E-state index contributed by atoms with van der Waals surface area (Å²) in [5, 5.41) is 22.9. The minimum atomic E-state index is -0.0902. The van der Waals surface area contributed by atoms with E-state index in [0.29, 0.717) is 11.5 Å². The van der Waals surface area contributed by atoms with Gasteiger partial charge in [0, 0.05) is 18.3 Å². The van der Waals surface area contributed by atoms with Gasteiger partial charge in [-0.25, -0.2) is 0 Å². The molecule has 1 amide bonds. The van der Waals surface area contributed by atoms with Crippen LogP contribution in [0.25, 0.3) is 0 Å². The van der Waals surface area contributed by atoms with E-state index in [-0.39, 0.29) is 11.7 Å². The summed E-state index contributed by atoms with van der Waals surface area (Å²) in [5.74, 6) is 1.90. The number of fused-ring (bicyclic) bond motifs is 1. The predicted octanol–water partition coefficient (Wildman–Crippen LogP) is 5.26. The third-order valence-corrected chi connectivity index (χ3v) is 8.72. The molecule has 166 valence electrons. The largest absolute Gasteiger partial charge is 0.316 e. The van der Waals surface area contributed by atoms with Crippen LogP contribution < -0.4 is 5.32 Å². The molecule has 2 aromatic rings. The van der Waals surface area contributed by atoms with Crippen LogP contribution in [0, 0.1) is 17.2 Å². The highest BCUT2D eigenvalue weighted by molar-refractivity contribution is 7.99. The molecule has 4 rings (SSSR count). The van der Waals surface area contributed by atoms with E-state index in [9.17, 15) is 10.1 Å². The molecule has 0 radical (unpaired) electrons. The number of nitriles is 1. The number of aryl methyl sites for hydroxylation is 1. The van der Waals surface area contributed by atoms with Crippen molar-refractivity contribution in [3.63, 3.8) is 0 Å². The van der Waals surface area contributed by atoms with Crippen molar-refractivity contribution in [2.45, 2.75) is 82.2 Å². The number of aromatic nitrogens is 3. The van der Waals surface area contributed by atoms with Crippen LogP contribution in [-0.2, 0) is 31.1 Å². The monoisotopic (exact) mass is 457 g/mol. The Bertz CT molecular complexity index is 952. The van der Waals surface area contributed by atoms with Crippen LogP contribution in [0.1, 0.15) is 79.6 Å². The van der Waals surface area contributed by atoms with Gasteiger partial charge in [0.1, 0.15) is 16.9 Å². The Morgan fingerprint density at radius 1 is 1.16 bits per heavy atom. The zero-order valence-corrected chi connectivity index (χ0v) is 19.9. The number of thioether (sulfide) groups is 1. The lowest BCUT2D eigenvalue weighted by Crippen LogP contribution is -2.15. The van der Waals surface area contributed by atoms with Crippen LogP contribution in [0.15, 0.2) is 5.16 Å². The first-order valence-electron chi connectivity index (χ1n) is 11.5. The lowest BCUT2D eigenvalue weighted by Gasteiger charge is -2.20. The van der Waals surface area contributed by atoms with Gasteiger partial charge in [0.2, 0.25) is 5.91 Å². The van der Waals surface area contributed by atoms with E-state index < -0.39 is 0 Å². The van der Waals surface area contributed by atoms with Crippen molar-refractivity contribution in [3.05, 3.63) is 21.8 Å². The summed E-state index contributed by atoms with van der Waals surface area (Å²) in [5.41, 5.74) is 1.84. The standard InChI is InChI=1S/C23H31N5OS2/c1-28-20(13-16-9-5-4-6-10-16)26-27-23(28)30-15-21(29)25-22-18(14-24)17-11-7-2-3-8-12-19(17)31-22/h16H,2-13,15H2,1H3,(H,25,29). The number of thiophene rings is 1. The first-order chi connectivity index (χ1) is 15.2. The highest BCUT2D eigenvalue weighted by Crippen LogP contribution is 2.36. The van der Waals surface area contributed by atoms with Crippen molar-refractivity contribution < 1.29 is 4.79 Å². The van der Waals surface area contributed by atoms with Gasteiger partial charge in [-0.05, 0) is 37.2 Å². The molecular formula is C23H31N5OS2. The average molecular weight is 458 g/mol. The second-order valence-electron chi connectivity index (χ2n) is 8.74. The number of carbonyl (C=O) groups is 1. The third-order valence-electron chi connectivity index (χ3n) is 6.49. The lowest BCUT2D eigenvalue weighted by atomic mass is 9.87. The SMILES string of the molecule is Cn1c(CC2CCCCC2)nnc1SCC(=O)Nc1sc2c(c1C#N)CCCCCC2. The molecule has 6 nitrogen and oxygen atoms in total. The molecule has 1 fully saturated rings. The summed E-state index contributed by atoms with van der Waals surface area (Å²) in [4.78, 5) is 13.9. The number of nitrogens with zero attached hydrogens (tertiary/aromatic N) is 4. The van der Waals surface area contributed by atoms with Crippen LogP contribution in [0.4, 0.5) is 5.00 Å². The molecule has 2 aliphatic rings. The molecule has 2 aromatic heterocycles. The van der Waals surface area contributed by atoms with Gasteiger partial charge in [0.25, 0.3) is 0 Å². The third kappa shape index (κ3) is 5.50. The normalized spacial score (nSPS) is 17.4. The number of hydrogen-bond donors (Lipinski definition) is 1. The van der Waals surface area contributed by atoms with E-state index in [2.05, 4.69) is 21.6 Å². The number of carbonyl (C=O) groups excluding carboxylic acids is 1. The van der Waals surface area contributed by atoms with Crippen molar-refractivity contribution in [2.75, 3.05) is 11.1 Å². The van der Waals surface area contributed by atoms with E-state index in [1.54, 1.807) is 11.3 Å². The summed E-state index contributed by atoms with van der Waals surface area (Å²) in [6.45, 7) is 0. The van der Waals surface area contributed by atoms with Crippen molar-refractivity contribution in [1.29, 1.82) is 5.26 Å². The Morgan fingerprint density at radius 3 is 2.68 bits per heavy atom. The Labute approximate surface area is 192 Å². The van der Waals surface area contributed by atoms with Gasteiger partial charge in [-0.2, -0.15) is 5.26 Å². The first kappa shape index (κ1) is 22.3. The maximum Gasteiger partial charge on any atom is 0.235 e. The van der Waals surface area contributed by atoms with Crippen LogP contribution in [0.2, 0.25) is 0 Å². The minimum absolute atomic E-state index is 0.0902. The van der Waals surface area contributed by atoms with Gasteiger partial charge in [-0.1, -0.05) is 56.7 Å². The average Bonchev–Trinajstić information content (AvgIpc) is 3.26. The molecule has 0 aliphatic heterocycles. The van der Waals surface area contributed by atoms with Gasteiger partial charge >= 0.3 is 0 Å². The summed E-state index contributed by atoms with van der Waals surface area (Å²) in [7, 11) is 1.99. The van der Waals surface area contributed by atoms with Gasteiger partial charge in [0.05, 0.1) is 11.3 Å². The maximum atomic E-state index is 12.6. The molecule has 0 unspecified atom stereocenters. The zero-order valence-electron chi connectivity index (χ0n) is 18.3. The first-order valence-corrected chi connectivity index (χ1v) is 13.3. The van der Waals surface area contributed by atoms with Gasteiger partial charge in [0.15, 0.2) is 5.16 Å². The molecular weight excluding hydrogens is 426 g/mol. The number of amides is 1. The number of nitrogens with one attached hydrogen (secondary N) is 1. The molecule has 31 heavy (non-hydrogen) atoms. The smallest absolute Gasteiger partial charge is 0.235 e. The van der Waals surface area contributed by atoms with E-state index in [1.165, 1.54) is 61.6 Å². The molecule has 0 atom stereocenters. The summed E-state index contributed by atoms with van der Waals surface area (Å²) in [6, 6.07) is 2.34. The van der Waals surface area contributed by atoms with E-state index >= 15 is 0 Å². The summed E-state index contributed by atoms with van der Waals surface area (Å²) < 4.78 is 2.03. The molecule has 0 bridgehead atoms. The van der Waals surface area contributed by atoms with E-state index in [1.807, 2.05) is 11.6 Å². The fourth-order valence-corrected chi connectivity index (χ4v) is 6.70. The van der Waals surface area contributed by atoms with Crippen molar-refractivity contribution in [1.82, 2.24) is 14.8 Å². The van der Waals surface area contributed by atoms with E-state index in [4.69, 9.17) is 0 Å². The molecule has 8 heteroatoms. The Hall–Kier alpha value is -1.85. The fraction of sp³-hybridized carbons (Fsp3) is 0.652. The quantitative estimate of drug-likeness (QED) is 0.598. The lowest BCUT2D eigenvalue weighted by molar-refractivity contribution is -0.113. The highest BCUT2D eigenvalue weighted by atomic mass is 32.2. The number of hydrogen-bond acceptors (Lipinski definition) is 6. The summed E-state index contributed by atoms with van der Waals surface area (Å²) >= 11 is 3.00. The molecule has 1 saturated carbocycles. The maximum absolute atomic E-state index is 12.6. The van der Waals surface area contributed by atoms with Gasteiger partial charge in [-0.15, -0.1) is 21.5 Å². The number of rotatable bonds is 6. The molecule has 1 N–H and O–H groups in total. The van der Waals surface area contributed by atoms with Crippen LogP contribution in [-0.4, -0.2) is 26.4 Å². The Balaban J connectivity index is 1.35.